The van der Waals surface area contributed by atoms with Crippen molar-refractivity contribution in [2.24, 2.45) is 0 Å². The van der Waals surface area contributed by atoms with Crippen molar-refractivity contribution in [3.05, 3.63) is 69.7 Å². The molecule has 2 N–H and O–H groups in total. The first kappa shape index (κ1) is 14.1. The van der Waals surface area contributed by atoms with Gasteiger partial charge in [-0.1, -0.05) is 23.7 Å². The van der Waals surface area contributed by atoms with E-state index in [2.05, 4.69) is 0 Å². The van der Waals surface area contributed by atoms with E-state index < -0.39 is 11.9 Å². The van der Waals surface area contributed by atoms with Crippen LogP contribution in [0.15, 0.2) is 42.5 Å². The molecule has 2 aromatic rings. The maximum absolute atomic E-state index is 11.0. The minimum atomic E-state index is -1.15. The fourth-order valence-corrected chi connectivity index (χ4v) is 2.14. The Morgan fingerprint density at radius 1 is 0.900 bits per heavy atom. The molecule has 102 valence electrons. The number of rotatable bonds is 4. The summed E-state index contributed by atoms with van der Waals surface area (Å²) < 4.78 is 0. The van der Waals surface area contributed by atoms with Crippen molar-refractivity contribution >= 4 is 23.5 Å². The van der Waals surface area contributed by atoms with Crippen molar-refractivity contribution in [3.63, 3.8) is 0 Å². The van der Waals surface area contributed by atoms with Crippen LogP contribution in [-0.2, 0) is 6.42 Å². The second-order valence-electron chi connectivity index (χ2n) is 4.34. The van der Waals surface area contributed by atoms with Gasteiger partial charge in [0.05, 0.1) is 11.1 Å². The van der Waals surface area contributed by atoms with E-state index in [4.69, 9.17) is 21.8 Å². The van der Waals surface area contributed by atoms with Crippen molar-refractivity contribution in [2.75, 3.05) is 0 Å². The van der Waals surface area contributed by atoms with E-state index in [1.807, 2.05) is 6.07 Å². The standard InChI is InChI=1S/C15H11ClO4/c16-13-3-1-2-9(7-13)4-10-5-11(14(17)18)8-12(6-10)15(19)20/h1-3,5-8H,4H2,(H,17,18)(H,19,20). The second-order valence-corrected chi connectivity index (χ2v) is 4.77. The second kappa shape index (κ2) is 5.75. The molecule has 0 atom stereocenters. The van der Waals surface area contributed by atoms with E-state index in [0.29, 0.717) is 17.0 Å². The molecule has 2 aromatic carbocycles. The number of carbonyl (C=O) groups is 2. The van der Waals surface area contributed by atoms with Crippen LogP contribution in [0.25, 0.3) is 0 Å². The van der Waals surface area contributed by atoms with Gasteiger partial charge in [-0.2, -0.15) is 0 Å². The summed E-state index contributed by atoms with van der Waals surface area (Å²) in [6, 6.07) is 11.2. The van der Waals surface area contributed by atoms with E-state index in [0.717, 1.165) is 11.6 Å². The minimum absolute atomic E-state index is 0.0399. The van der Waals surface area contributed by atoms with E-state index >= 15 is 0 Å². The molecule has 4 nitrogen and oxygen atoms in total. The van der Waals surface area contributed by atoms with E-state index in [-0.39, 0.29) is 11.1 Å². The predicted molar refractivity (Wildman–Crippen MR) is 74.6 cm³/mol. The Hall–Kier alpha value is -2.33. The van der Waals surface area contributed by atoms with Crippen molar-refractivity contribution < 1.29 is 19.8 Å². The highest BCUT2D eigenvalue weighted by Gasteiger charge is 2.11. The average Bonchev–Trinajstić information content (AvgIpc) is 2.38. The highest BCUT2D eigenvalue weighted by atomic mass is 35.5. The Kier molecular flexibility index (Phi) is 4.05. The number of carboxylic acids is 2. The molecule has 0 fully saturated rings. The van der Waals surface area contributed by atoms with Crippen LogP contribution in [0, 0.1) is 0 Å². The number of hydrogen-bond donors (Lipinski definition) is 2. The molecule has 0 unspecified atom stereocenters. The molecule has 0 radical (unpaired) electrons. The van der Waals surface area contributed by atoms with Gasteiger partial charge in [0.1, 0.15) is 0 Å². The molecule has 0 aromatic heterocycles. The van der Waals surface area contributed by atoms with Gasteiger partial charge in [0.15, 0.2) is 0 Å². The third-order valence-electron chi connectivity index (χ3n) is 2.78. The lowest BCUT2D eigenvalue weighted by atomic mass is 10.00. The molecule has 0 amide bonds. The summed E-state index contributed by atoms with van der Waals surface area (Å²) in [6.45, 7) is 0. The maximum atomic E-state index is 11.0. The number of hydrogen-bond acceptors (Lipinski definition) is 2. The molecule has 2 rings (SSSR count). The van der Waals surface area contributed by atoms with Gasteiger partial charge in [0.25, 0.3) is 0 Å². The van der Waals surface area contributed by atoms with Gasteiger partial charge in [-0.25, -0.2) is 9.59 Å². The molecular weight excluding hydrogens is 280 g/mol. The third-order valence-corrected chi connectivity index (χ3v) is 3.02. The zero-order chi connectivity index (χ0) is 14.7. The Morgan fingerprint density at radius 2 is 1.50 bits per heavy atom. The van der Waals surface area contributed by atoms with Crippen LogP contribution >= 0.6 is 11.6 Å². The lowest BCUT2D eigenvalue weighted by molar-refractivity contribution is 0.0696. The van der Waals surface area contributed by atoms with E-state index in [1.54, 1.807) is 18.2 Å². The normalized spacial score (nSPS) is 10.2. The lowest BCUT2D eigenvalue weighted by Crippen LogP contribution is -2.04. The van der Waals surface area contributed by atoms with E-state index in [9.17, 15) is 9.59 Å². The van der Waals surface area contributed by atoms with Crippen LogP contribution in [-0.4, -0.2) is 22.2 Å². The summed E-state index contributed by atoms with van der Waals surface area (Å²) in [5.74, 6) is -2.30. The first-order valence-electron chi connectivity index (χ1n) is 5.80. The van der Waals surface area contributed by atoms with Gasteiger partial charge < -0.3 is 10.2 Å². The van der Waals surface area contributed by atoms with Gasteiger partial charge in [0.2, 0.25) is 0 Å². The summed E-state index contributed by atoms with van der Waals surface area (Å²) in [5, 5.41) is 18.6. The summed E-state index contributed by atoms with van der Waals surface area (Å²) in [5.41, 5.74) is 1.42. The van der Waals surface area contributed by atoms with E-state index in [1.165, 1.54) is 12.1 Å². The third kappa shape index (κ3) is 3.36. The highest BCUT2D eigenvalue weighted by molar-refractivity contribution is 6.30. The molecule has 0 heterocycles. The van der Waals surface area contributed by atoms with Crippen LogP contribution in [0.2, 0.25) is 5.02 Å². The average molecular weight is 291 g/mol. The zero-order valence-electron chi connectivity index (χ0n) is 10.3. The molecule has 0 saturated carbocycles. The van der Waals surface area contributed by atoms with Gasteiger partial charge in [-0.15, -0.1) is 0 Å². The number of benzene rings is 2. The van der Waals surface area contributed by atoms with Crippen molar-refractivity contribution in [1.82, 2.24) is 0 Å². The van der Waals surface area contributed by atoms with Gasteiger partial charge in [0, 0.05) is 5.02 Å². The fourth-order valence-electron chi connectivity index (χ4n) is 1.92. The Balaban J connectivity index is 2.40. The summed E-state index contributed by atoms with van der Waals surface area (Å²) in [4.78, 5) is 22.0. The molecule has 5 heteroatoms. The monoisotopic (exact) mass is 290 g/mol. The first-order valence-corrected chi connectivity index (χ1v) is 6.18. The molecular formula is C15H11ClO4. The minimum Gasteiger partial charge on any atom is -0.478 e. The van der Waals surface area contributed by atoms with Crippen LogP contribution < -0.4 is 0 Å². The van der Waals surface area contributed by atoms with Gasteiger partial charge >= 0.3 is 11.9 Å². The van der Waals surface area contributed by atoms with Crippen LogP contribution in [0.1, 0.15) is 31.8 Å². The number of halogens is 1. The molecule has 0 bridgehead atoms. The Bertz CT molecular complexity index is 647. The van der Waals surface area contributed by atoms with Crippen molar-refractivity contribution in [3.8, 4) is 0 Å². The van der Waals surface area contributed by atoms with Crippen LogP contribution in [0.3, 0.4) is 0 Å². The maximum Gasteiger partial charge on any atom is 0.335 e. The topological polar surface area (TPSA) is 74.6 Å². The van der Waals surface area contributed by atoms with Gasteiger partial charge in [-0.3, -0.25) is 0 Å². The molecule has 0 spiro atoms. The molecule has 0 aliphatic carbocycles. The van der Waals surface area contributed by atoms with Gasteiger partial charge in [-0.05, 0) is 47.9 Å². The SMILES string of the molecule is O=C(O)c1cc(Cc2cccc(Cl)c2)cc(C(=O)O)c1. The molecule has 0 aliphatic rings. The Labute approximate surface area is 120 Å². The van der Waals surface area contributed by atoms with Crippen LogP contribution in [0.4, 0.5) is 0 Å². The largest absolute Gasteiger partial charge is 0.478 e. The van der Waals surface area contributed by atoms with Crippen molar-refractivity contribution in [2.45, 2.75) is 6.42 Å². The van der Waals surface area contributed by atoms with Crippen LogP contribution in [0.5, 0.6) is 0 Å². The number of aromatic carboxylic acids is 2. The van der Waals surface area contributed by atoms with Crippen molar-refractivity contribution in [1.29, 1.82) is 0 Å². The highest BCUT2D eigenvalue weighted by Crippen LogP contribution is 2.17. The molecule has 0 aliphatic heterocycles. The molecule has 0 saturated heterocycles. The first-order chi connectivity index (χ1) is 9.45. The summed E-state index contributed by atoms with van der Waals surface area (Å²) in [6.07, 6.45) is 0.419. The fraction of sp³-hybridized carbons (Fsp3) is 0.0667. The Morgan fingerprint density at radius 3 is 2.00 bits per heavy atom. The quantitative estimate of drug-likeness (QED) is 0.906. The lowest BCUT2D eigenvalue weighted by Gasteiger charge is -2.06. The smallest absolute Gasteiger partial charge is 0.335 e. The summed E-state index contributed by atoms with van der Waals surface area (Å²) in [7, 11) is 0. The summed E-state index contributed by atoms with van der Waals surface area (Å²) >= 11 is 5.89. The number of carboxylic acid groups (broad SMARTS) is 2. The molecule has 20 heavy (non-hydrogen) atoms. The predicted octanol–water partition coefficient (Wildman–Crippen LogP) is 3.33. The zero-order valence-corrected chi connectivity index (χ0v) is 11.1.